The standard InChI is InChI=1S/C31H40BrClN2O6/c1-3-5-6-11-19-40-30(39)24-25-28(37)35(17-9-7-8-10-18-36)27(31(25)20-23(32)26(24)41-31)29(38)34(16-4-2)22-14-12-21(33)13-15-22/h3-4,12-15,23-27,36H,1-2,5-11,16-20H2/t23?,24-,25+,26-,27?,31?/m1/s1. The molecule has 1 spiro atoms. The molecule has 3 aliphatic heterocycles. The molecule has 1 aromatic rings. The minimum Gasteiger partial charge on any atom is -0.465 e. The molecule has 2 amide bonds. The number of carbonyl (C=O) groups excluding carboxylic acids is 3. The first kappa shape index (κ1) is 31.7. The van der Waals surface area contributed by atoms with E-state index < -0.39 is 35.6 Å². The van der Waals surface area contributed by atoms with Crippen molar-refractivity contribution in [2.75, 3.05) is 31.2 Å². The lowest BCUT2D eigenvalue weighted by atomic mass is 9.70. The van der Waals surface area contributed by atoms with Crippen LogP contribution in [0.25, 0.3) is 0 Å². The largest absolute Gasteiger partial charge is 0.465 e. The summed E-state index contributed by atoms with van der Waals surface area (Å²) < 4.78 is 12.2. The third kappa shape index (κ3) is 6.43. The molecule has 0 radical (unpaired) electrons. The van der Waals surface area contributed by atoms with E-state index >= 15 is 0 Å². The van der Waals surface area contributed by atoms with Gasteiger partial charge in [0.1, 0.15) is 11.6 Å². The molecule has 3 aliphatic rings. The van der Waals surface area contributed by atoms with Crippen LogP contribution in [0.15, 0.2) is 49.6 Å². The fraction of sp³-hybridized carbons (Fsp3) is 0.581. The van der Waals surface area contributed by atoms with Gasteiger partial charge in [-0.3, -0.25) is 14.4 Å². The van der Waals surface area contributed by atoms with Gasteiger partial charge >= 0.3 is 5.97 Å². The Kier molecular flexibility index (Phi) is 11.1. The summed E-state index contributed by atoms with van der Waals surface area (Å²) in [6.07, 6.45) is 8.72. The first-order chi connectivity index (χ1) is 19.8. The number of aliphatic hydroxyl groups is 1. The normalized spacial score (nSPS) is 28.0. The SMILES string of the molecule is C=CCCCCOC(=O)[C@H]1[C@@H]2OC3(CC2Br)C(C(=O)N(CC=C)c2ccc(Cl)cc2)N(CCCCCCO)C(=O)[C@H]13. The first-order valence-corrected chi connectivity index (χ1v) is 15.8. The molecule has 8 nitrogen and oxygen atoms in total. The second kappa shape index (κ2) is 14.3. The van der Waals surface area contributed by atoms with Crippen LogP contribution in [-0.4, -0.2) is 76.7 Å². The smallest absolute Gasteiger partial charge is 0.312 e. The van der Waals surface area contributed by atoms with E-state index in [0.717, 1.165) is 25.7 Å². The van der Waals surface area contributed by atoms with Gasteiger partial charge in [0.2, 0.25) is 5.91 Å². The first-order valence-electron chi connectivity index (χ1n) is 14.5. The molecule has 1 aromatic carbocycles. The number of alkyl halides is 1. The van der Waals surface area contributed by atoms with Gasteiger partial charge in [0.25, 0.3) is 5.91 Å². The summed E-state index contributed by atoms with van der Waals surface area (Å²) in [6.45, 7) is 8.53. The second-order valence-electron chi connectivity index (χ2n) is 11.0. The molecule has 0 saturated carbocycles. The van der Waals surface area contributed by atoms with Crippen molar-refractivity contribution in [2.45, 2.75) is 73.9 Å². The van der Waals surface area contributed by atoms with E-state index in [0.29, 0.717) is 42.9 Å². The number of hydrogen-bond donors (Lipinski definition) is 1. The highest BCUT2D eigenvalue weighted by Gasteiger charge is 2.77. The predicted molar refractivity (Wildman–Crippen MR) is 162 cm³/mol. The van der Waals surface area contributed by atoms with E-state index in [1.807, 2.05) is 6.08 Å². The van der Waals surface area contributed by atoms with Gasteiger partial charge in [-0.25, -0.2) is 0 Å². The summed E-state index contributed by atoms with van der Waals surface area (Å²) in [5.41, 5.74) is -0.524. The van der Waals surface area contributed by atoms with Crippen molar-refractivity contribution in [1.29, 1.82) is 0 Å². The third-order valence-electron chi connectivity index (χ3n) is 8.37. The van der Waals surface area contributed by atoms with Crippen LogP contribution in [0.4, 0.5) is 5.69 Å². The molecule has 10 heteroatoms. The Balaban J connectivity index is 1.65. The average molecular weight is 652 g/mol. The number of likely N-dealkylation sites (tertiary alicyclic amines) is 1. The zero-order chi connectivity index (χ0) is 29.6. The number of halogens is 2. The Morgan fingerprint density at radius 3 is 2.56 bits per heavy atom. The number of fused-ring (bicyclic) bond motifs is 1. The van der Waals surface area contributed by atoms with Crippen LogP contribution in [0.3, 0.4) is 0 Å². The highest BCUT2D eigenvalue weighted by Crippen LogP contribution is 2.60. The lowest BCUT2D eigenvalue weighted by molar-refractivity contribution is -0.155. The number of rotatable bonds is 16. The van der Waals surface area contributed by atoms with Crippen LogP contribution in [0.5, 0.6) is 0 Å². The number of anilines is 1. The van der Waals surface area contributed by atoms with Gasteiger partial charge in [0.15, 0.2) is 0 Å². The van der Waals surface area contributed by atoms with Crippen LogP contribution >= 0.6 is 27.5 Å². The van der Waals surface area contributed by atoms with E-state index in [1.165, 1.54) is 0 Å². The van der Waals surface area contributed by atoms with Gasteiger partial charge in [-0.05, 0) is 62.8 Å². The number of amides is 2. The molecule has 0 aliphatic carbocycles. The minimum atomic E-state index is -1.16. The lowest BCUT2D eigenvalue weighted by Crippen LogP contribution is -2.57. The molecule has 3 fully saturated rings. The van der Waals surface area contributed by atoms with E-state index in [9.17, 15) is 14.4 Å². The molecule has 2 bridgehead atoms. The van der Waals surface area contributed by atoms with E-state index in [2.05, 4.69) is 29.1 Å². The molecule has 3 saturated heterocycles. The van der Waals surface area contributed by atoms with Crippen LogP contribution in [0, 0.1) is 11.8 Å². The highest BCUT2D eigenvalue weighted by atomic mass is 79.9. The van der Waals surface area contributed by atoms with Crippen molar-refractivity contribution in [1.82, 2.24) is 4.90 Å². The topological polar surface area (TPSA) is 96.4 Å². The minimum absolute atomic E-state index is 0.117. The van der Waals surface area contributed by atoms with Crippen molar-refractivity contribution in [3.63, 3.8) is 0 Å². The van der Waals surface area contributed by atoms with Gasteiger partial charge in [-0.2, -0.15) is 0 Å². The number of hydrogen-bond acceptors (Lipinski definition) is 6. The molecule has 1 N–H and O–H groups in total. The molecule has 3 unspecified atom stereocenters. The number of esters is 1. The lowest BCUT2D eigenvalue weighted by Gasteiger charge is -2.37. The summed E-state index contributed by atoms with van der Waals surface area (Å²) in [7, 11) is 0. The Bertz CT molecular complexity index is 1120. The van der Waals surface area contributed by atoms with Crippen LogP contribution in [0.2, 0.25) is 5.02 Å². The molecule has 6 atom stereocenters. The number of benzene rings is 1. The summed E-state index contributed by atoms with van der Waals surface area (Å²) >= 11 is 9.82. The van der Waals surface area contributed by atoms with Crippen LogP contribution < -0.4 is 4.90 Å². The average Bonchev–Trinajstić information content (AvgIpc) is 3.55. The van der Waals surface area contributed by atoms with Gasteiger partial charge in [-0.15, -0.1) is 13.2 Å². The van der Waals surface area contributed by atoms with Crippen molar-refractivity contribution in [3.05, 3.63) is 54.6 Å². The number of ether oxygens (including phenoxy) is 2. The summed E-state index contributed by atoms with van der Waals surface area (Å²) in [5.74, 6) is -2.57. The van der Waals surface area contributed by atoms with Crippen LogP contribution in [-0.2, 0) is 23.9 Å². The predicted octanol–water partition coefficient (Wildman–Crippen LogP) is 5.06. The monoisotopic (exact) mass is 650 g/mol. The third-order valence-corrected chi connectivity index (χ3v) is 9.46. The molecular weight excluding hydrogens is 612 g/mol. The Hall–Kier alpha value is -2.20. The highest BCUT2D eigenvalue weighted by molar-refractivity contribution is 9.09. The van der Waals surface area contributed by atoms with Gasteiger partial charge in [0.05, 0.1) is 24.5 Å². The van der Waals surface area contributed by atoms with Crippen molar-refractivity contribution in [2.24, 2.45) is 11.8 Å². The molecule has 4 rings (SSSR count). The maximum Gasteiger partial charge on any atom is 0.312 e. The van der Waals surface area contributed by atoms with Crippen molar-refractivity contribution >= 4 is 51.0 Å². The van der Waals surface area contributed by atoms with E-state index in [1.54, 1.807) is 40.1 Å². The van der Waals surface area contributed by atoms with Gasteiger partial charge < -0.3 is 24.4 Å². The van der Waals surface area contributed by atoms with Crippen molar-refractivity contribution in [3.8, 4) is 0 Å². The fourth-order valence-electron chi connectivity index (χ4n) is 6.55. The van der Waals surface area contributed by atoms with Crippen LogP contribution in [0.1, 0.15) is 51.4 Å². The maximum atomic E-state index is 14.5. The Morgan fingerprint density at radius 1 is 1.15 bits per heavy atom. The molecule has 41 heavy (non-hydrogen) atoms. The van der Waals surface area contributed by atoms with Crippen molar-refractivity contribution < 1.29 is 29.0 Å². The summed E-state index contributed by atoms with van der Waals surface area (Å²) in [5, 5.41) is 9.71. The Labute approximate surface area is 255 Å². The summed E-state index contributed by atoms with van der Waals surface area (Å²) in [6, 6.07) is 6.05. The summed E-state index contributed by atoms with van der Waals surface area (Å²) in [4.78, 5) is 45.1. The number of allylic oxidation sites excluding steroid dienone is 1. The number of nitrogens with zero attached hydrogens (tertiary/aromatic N) is 2. The zero-order valence-electron chi connectivity index (χ0n) is 23.4. The molecule has 0 aromatic heterocycles. The molecule has 3 heterocycles. The second-order valence-corrected chi connectivity index (χ2v) is 12.6. The quantitative estimate of drug-likeness (QED) is 0.116. The molecular formula is C31H40BrClN2O6. The maximum absolute atomic E-state index is 14.5. The van der Waals surface area contributed by atoms with E-state index in [-0.39, 0.29) is 36.4 Å². The number of aliphatic hydroxyl groups excluding tert-OH is 1. The van der Waals surface area contributed by atoms with E-state index in [4.69, 9.17) is 26.2 Å². The molecule has 224 valence electrons. The number of carbonyl (C=O) groups is 3. The fourth-order valence-corrected chi connectivity index (χ4v) is 7.61. The Morgan fingerprint density at radius 2 is 1.88 bits per heavy atom. The zero-order valence-corrected chi connectivity index (χ0v) is 25.7. The number of unbranched alkanes of at least 4 members (excludes halogenated alkanes) is 5. The van der Waals surface area contributed by atoms with Gasteiger partial charge in [-0.1, -0.05) is 52.5 Å². The van der Waals surface area contributed by atoms with Gasteiger partial charge in [0, 0.05) is 35.2 Å².